The van der Waals surface area contributed by atoms with Crippen molar-refractivity contribution in [2.45, 2.75) is 13.3 Å². The van der Waals surface area contributed by atoms with Gasteiger partial charge in [0.15, 0.2) is 12.4 Å². The van der Waals surface area contributed by atoms with Gasteiger partial charge in [0.05, 0.1) is 12.7 Å². The maximum absolute atomic E-state index is 12.0. The maximum atomic E-state index is 12.0. The van der Waals surface area contributed by atoms with Gasteiger partial charge in [-0.2, -0.15) is 0 Å². The van der Waals surface area contributed by atoms with E-state index in [0.717, 1.165) is 26.6 Å². The van der Waals surface area contributed by atoms with E-state index in [1.165, 1.54) is 0 Å². The fourth-order valence-corrected chi connectivity index (χ4v) is 2.66. The second kappa shape index (κ2) is 7.01. The molecule has 0 aliphatic heterocycles. The number of carbonyl (C=O) groups excluding carboxylic acids is 2. The Kier molecular flexibility index (Phi) is 4.81. The van der Waals surface area contributed by atoms with E-state index in [0.29, 0.717) is 5.56 Å². The molecule has 0 radical (unpaired) electrons. The molecule has 0 saturated carbocycles. The lowest BCUT2D eigenvalue weighted by Crippen LogP contribution is -2.15. The Morgan fingerprint density at radius 2 is 1.88 bits per heavy atom. The van der Waals surface area contributed by atoms with E-state index < -0.39 is 5.97 Å². The van der Waals surface area contributed by atoms with Gasteiger partial charge in [-0.05, 0) is 30.7 Å². The number of Topliss-reactive ketones (excluding diaryl/α,β-unsaturated/α-hetero) is 1. The topological polar surface area (TPSA) is 56.5 Å². The largest absolute Gasteiger partial charge is 0.464 e. The van der Waals surface area contributed by atoms with Crippen LogP contribution in [0.25, 0.3) is 11.0 Å². The highest BCUT2D eigenvalue weighted by atomic mass is 79.9. The predicted molar refractivity (Wildman–Crippen MR) is 94.1 cm³/mol. The van der Waals surface area contributed by atoms with Crippen LogP contribution in [-0.4, -0.2) is 18.4 Å². The van der Waals surface area contributed by atoms with Crippen LogP contribution in [0.5, 0.6) is 0 Å². The minimum Gasteiger partial charge on any atom is -0.464 e. The van der Waals surface area contributed by atoms with Crippen molar-refractivity contribution in [3.8, 4) is 0 Å². The van der Waals surface area contributed by atoms with Crippen molar-refractivity contribution in [2.75, 3.05) is 6.61 Å². The third kappa shape index (κ3) is 3.74. The van der Waals surface area contributed by atoms with E-state index in [4.69, 9.17) is 9.15 Å². The molecule has 2 aromatic carbocycles. The first kappa shape index (κ1) is 16.5. The fraction of sp³-hybridized carbons (Fsp3) is 0.158. The van der Waals surface area contributed by atoms with E-state index in [1.54, 1.807) is 30.5 Å². The third-order valence-electron chi connectivity index (χ3n) is 3.68. The number of hydrogen-bond acceptors (Lipinski definition) is 4. The molecule has 3 aromatic rings. The van der Waals surface area contributed by atoms with Gasteiger partial charge in [-0.15, -0.1) is 0 Å². The Morgan fingerprint density at radius 1 is 1.12 bits per heavy atom. The Balaban J connectivity index is 1.61. The van der Waals surface area contributed by atoms with Crippen LogP contribution in [0.1, 0.15) is 21.5 Å². The molecule has 4 nitrogen and oxygen atoms in total. The number of furan rings is 1. The summed E-state index contributed by atoms with van der Waals surface area (Å²) in [7, 11) is 0. The lowest BCUT2D eigenvalue weighted by Gasteiger charge is -2.04. The second-order valence-corrected chi connectivity index (χ2v) is 6.44. The zero-order valence-corrected chi connectivity index (χ0v) is 14.6. The number of esters is 1. The summed E-state index contributed by atoms with van der Waals surface area (Å²) in [6.07, 6.45) is 1.63. The molecule has 0 aliphatic rings. The lowest BCUT2D eigenvalue weighted by molar-refractivity contribution is -0.141. The van der Waals surface area contributed by atoms with Gasteiger partial charge in [0.1, 0.15) is 5.58 Å². The number of ether oxygens (including phenoxy) is 1. The van der Waals surface area contributed by atoms with E-state index in [9.17, 15) is 9.59 Å². The van der Waals surface area contributed by atoms with Crippen molar-refractivity contribution in [3.63, 3.8) is 0 Å². The van der Waals surface area contributed by atoms with Crippen LogP contribution >= 0.6 is 15.9 Å². The number of rotatable bonds is 5. The highest BCUT2D eigenvalue weighted by molar-refractivity contribution is 9.10. The molecule has 0 bridgehead atoms. The molecular formula is C19H15BrO4. The van der Waals surface area contributed by atoms with Gasteiger partial charge in [0, 0.05) is 21.0 Å². The Morgan fingerprint density at radius 3 is 2.62 bits per heavy atom. The highest BCUT2D eigenvalue weighted by Gasteiger charge is 2.14. The lowest BCUT2D eigenvalue weighted by atomic mass is 10.1. The summed E-state index contributed by atoms with van der Waals surface area (Å²) < 4.78 is 11.4. The summed E-state index contributed by atoms with van der Waals surface area (Å²) in [6.45, 7) is 1.71. The highest BCUT2D eigenvalue weighted by Crippen LogP contribution is 2.23. The van der Waals surface area contributed by atoms with Crippen molar-refractivity contribution in [1.29, 1.82) is 0 Å². The van der Waals surface area contributed by atoms with Crippen molar-refractivity contribution < 1.29 is 18.7 Å². The molecule has 0 N–H and O–H groups in total. The molecule has 0 atom stereocenters. The minimum absolute atomic E-state index is 0.0731. The van der Waals surface area contributed by atoms with Gasteiger partial charge in [0.25, 0.3) is 0 Å². The number of aryl methyl sites for hydroxylation is 1. The van der Waals surface area contributed by atoms with E-state index in [2.05, 4.69) is 15.9 Å². The first-order chi connectivity index (χ1) is 11.5. The van der Waals surface area contributed by atoms with Gasteiger partial charge in [-0.25, -0.2) is 0 Å². The van der Waals surface area contributed by atoms with Crippen LogP contribution in [0.15, 0.2) is 57.6 Å². The summed E-state index contributed by atoms with van der Waals surface area (Å²) in [4.78, 5) is 24.0. The molecule has 0 fully saturated rings. The fourth-order valence-electron chi connectivity index (χ4n) is 2.40. The Hall–Kier alpha value is -2.40. The molecule has 1 heterocycles. The van der Waals surface area contributed by atoms with Crippen molar-refractivity contribution in [2.24, 2.45) is 0 Å². The van der Waals surface area contributed by atoms with Crippen LogP contribution in [0, 0.1) is 6.92 Å². The van der Waals surface area contributed by atoms with Crippen LogP contribution < -0.4 is 0 Å². The molecule has 122 valence electrons. The molecular weight excluding hydrogens is 372 g/mol. The number of benzene rings is 2. The normalized spacial score (nSPS) is 10.8. The molecule has 24 heavy (non-hydrogen) atoms. The number of halogens is 1. The zero-order valence-electron chi connectivity index (χ0n) is 13.0. The quantitative estimate of drug-likeness (QED) is 0.479. The molecule has 1 aromatic heterocycles. The molecule has 0 amide bonds. The summed E-state index contributed by atoms with van der Waals surface area (Å²) in [5, 5.41) is 0.886. The van der Waals surface area contributed by atoms with Crippen LogP contribution in [-0.2, 0) is 16.0 Å². The van der Waals surface area contributed by atoms with Gasteiger partial charge < -0.3 is 9.15 Å². The monoisotopic (exact) mass is 386 g/mol. The van der Waals surface area contributed by atoms with Gasteiger partial charge >= 0.3 is 5.97 Å². The molecule has 5 heteroatoms. The first-order valence-corrected chi connectivity index (χ1v) is 8.23. The molecule has 0 aliphatic carbocycles. The average Bonchev–Trinajstić information content (AvgIpc) is 2.95. The standard InChI is InChI=1S/C19H15BrO4/c1-12-2-7-16-14(10-23-18(16)8-12)9-19(22)24-11-17(21)13-3-5-15(20)6-4-13/h2-8,10H,9,11H2,1H3. The number of ketones is 1. The summed E-state index contributed by atoms with van der Waals surface area (Å²) in [5.74, 6) is -0.688. The van der Waals surface area contributed by atoms with Crippen molar-refractivity contribution in [1.82, 2.24) is 0 Å². The van der Waals surface area contributed by atoms with E-state index >= 15 is 0 Å². The van der Waals surface area contributed by atoms with Crippen molar-refractivity contribution in [3.05, 3.63) is 69.9 Å². The Labute approximate surface area is 147 Å². The number of fused-ring (bicyclic) bond motifs is 1. The molecule has 0 unspecified atom stereocenters. The summed E-state index contributed by atoms with van der Waals surface area (Å²) in [6, 6.07) is 12.7. The van der Waals surface area contributed by atoms with Gasteiger partial charge in [-0.3, -0.25) is 9.59 Å². The summed E-state index contributed by atoms with van der Waals surface area (Å²) in [5.41, 5.74) is 3.09. The van der Waals surface area contributed by atoms with Crippen molar-refractivity contribution >= 4 is 38.7 Å². The molecule has 0 saturated heterocycles. The first-order valence-electron chi connectivity index (χ1n) is 7.44. The van der Waals surface area contributed by atoms with Crippen LogP contribution in [0.2, 0.25) is 0 Å². The SMILES string of the molecule is Cc1ccc2c(CC(=O)OCC(=O)c3ccc(Br)cc3)coc2c1. The average molecular weight is 387 g/mol. The maximum Gasteiger partial charge on any atom is 0.310 e. The van der Waals surface area contributed by atoms with Gasteiger partial charge in [-0.1, -0.05) is 40.2 Å². The molecule has 0 spiro atoms. The number of hydrogen-bond donors (Lipinski definition) is 0. The minimum atomic E-state index is -0.455. The second-order valence-electron chi connectivity index (χ2n) is 5.53. The zero-order chi connectivity index (χ0) is 17.1. The number of carbonyl (C=O) groups is 2. The van der Waals surface area contributed by atoms with Crippen LogP contribution in [0.4, 0.5) is 0 Å². The van der Waals surface area contributed by atoms with E-state index in [-0.39, 0.29) is 18.8 Å². The third-order valence-corrected chi connectivity index (χ3v) is 4.21. The molecule has 3 rings (SSSR count). The Bertz CT molecular complexity index is 893. The van der Waals surface area contributed by atoms with Crippen LogP contribution in [0.3, 0.4) is 0 Å². The smallest absolute Gasteiger partial charge is 0.310 e. The van der Waals surface area contributed by atoms with E-state index in [1.807, 2.05) is 25.1 Å². The van der Waals surface area contributed by atoms with Gasteiger partial charge in [0.2, 0.25) is 0 Å². The predicted octanol–water partition coefficient (Wildman–Crippen LogP) is 4.47. The summed E-state index contributed by atoms with van der Waals surface area (Å²) >= 11 is 3.31.